The van der Waals surface area contributed by atoms with Gasteiger partial charge in [-0.1, -0.05) is 19.3 Å². The van der Waals surface area contributed by atoms with Crippen molar-refractivity contribution in [2.75, 3.05) is 26.7 Å². The quantitative estimate of drug-likeness (QED) is 0.584. The molecular formula is C18H28N4O6. The maximum atomic E-state index is 13.0. The van der Waals surface area contributed by atoms with E-state index in [1.54, 1.807) is 7.05 Å². The van der Waals surface area contributed by atoms with Gasteiger partial charge in [-0.15, -0.1) is 0 Å². The zero-order valence-corrected chi connectivity index (χ0v) is 16.6. The third-order valence-corrected chi connectivity index (χ3v) is 5.65. The Kier molecular flexibility index (Phi) is 6.63. The van der Waals surface area contributed by atoms with Crippen LogP contribution in [0.25, 0.3) is 0 Å². The number of carbonyl (C=O) groups excluding carboxylic acids is 4. The van der Waals surface area contributed by atoms with Crippen LogP contribution in [0.15, 0.2) is 0 Å². The monoisotopic (exact) mass is 396 g/mol. The molecule has 1 unspecified atom stereocenters. The van der Waals surface area contributed by atoms with Gasteiger partial charge >= 0.3 is 12.0 Å². The van der Waals surface area contributed by atoms with Gasteiger partial charge in [0.25, 0.3) is 5.91 Å². The molecule has 1 aliphatic heterocycles. The molecule has 2 N–H and O–H groups in total. The van der Waals surface area contributed by atoms with Crippen molar-refractivity contribution in [3.8, 4) is 0 Å². The maximum Gasteiger partial charge on any atom is 0.327 e. The van der Waals surface area contributed by atoms with Gasteiger partial charge in [-0.25, -0.2) is 9.59 Å². The lowest BCUT2D eigenvalue weighted by molar-refractivity contribution is -0.150. The summed E-state index contributed by atoms with van der Waals surface area (Å²) in [4.78, 5) is 64.2. The molecule has 10 nitrogen and oxygen atoms in total. The number of rotatable bonds is 7. The fourth-order valence-electron chi connectivity index (χ4n) is 3.92. The number of imide groups is 1. The van der Waals surface area contributed by atoms with Gasteiger partial charge in [0.2, 0.25) is 11.8 Å². The molecule has 1 saturated carbocycles. The first-order valence-electron chi connectivity index (χ1n) is 9.48. The molecule has 2 fully saturated rings. The van der Waals surface area contributed by atoms with E-state index in [1.165, 1.54) is 18.7 Å². The lowest BCUT2D eigenvalue weighted by Gasteiger charge is -2.35. The summed E-state index contributed by atoms with van der Waals surface area (Å²) in [5.41, 5.74) is -0.894. The minimum absolute atomic E-state index is 0.0386. The summed E-state index contributed by atoms with van der Waals surface area (Å²) in [6.45, 7) is 2.18. The predicted octanol–water partition coefficient (Wildman–Crippen LogP) is 0.0211. The Morgan fingerprint density at radius 1 is 1.21 bits per heavy atom. The van der Waals surface area contributed by atoms with Crippen LogP contribution < -0.4 is 5.32 Å². The Balaban J connectivity index is 2.14. The first-order valence-corrected chi connectivity index (χ1v) is 9.48. The Morgan fingerprint density at radius 2 is 1.82 bits per heavy atom. The van der Waals surface area contributed by atoms with Crippen LogP contribution in [-0.2, 0) is 19.2 Å². The third-order valence-electron chi connectivity index (χ3n) is 5.65. The van der Waals surface area contributed by atoms with Crippen LogP contribution in [0, 0.1) is 0 Å². The van der Waals surface area contributed by atoms with E-state index in [0.29, 0.717) is 12.8 Å². The van der Waals surface area contributed by atoms with Gasteiger partial charge in [-0.3, -0.25) is 19.3 Å². The van der Waals surface area contributed by atoms with Gasteiger partial charge in [0, 0.05) is 27.1 Å². The molecule has 0 aromatic rings. The van der Waals surface area contributed by atoms with Gasteiger partial charge < -0.3 is 20.2 Å². The summed E-state index contributed by atoms with van der Waals surface area (Å²) in [7, 11) is 1.57. The lowest BCUT2D eigenvalue weighted by Crippen LogP contribution is -2.52. The molecule has 0 bridgehead atoms. The van der Waals surface area contributed by atoms with Crippen molar-refractivity contribution >= 4 is 29.7 Å². The van der Waals surface area contributed by atoms with Crippen LogP contribution in [0.3, 0.4) is 0 Å². The van der Waals surface area contributed by atoms with Gasteiger partial charge in [0.15, 0.2) is 0 Å². The summed E-state index contributed by atoms with van der Waals surface area (Å²) in [5, 5.41) is 11.8. The lowest BCUT2D eigenvalue weighted by atomic mass is 9.81. The highest BCUT2D eigenvalue weighted by Crippen LogP contribution is 2.39. The van der Waals surface area contributed by atoms with Crippen LogP contribution in [0.5, 0.6) is 0 Å². The summed E-state index contributed by atoms with van der Waals surface area (Å²) < 4.78 is 0. The van der Waals surface area contributed by atoms with E-state index in [0.717, 1.165) is 29.1 Å². The number of carboxylic acids is 1. The van der Waals surface area contributed by atoms with Crippen molar-refractivity contribution in [3.05, 3.63) is 0 Å². The summed E-state index contributed by atoms with van der Waals surface area (Å²) in [5.74, 6) is -2.56. The first-order chi connectivity index (χ1) is 13.1. The number of urea groups is 1. The second-order valence-corrected chi connectivity index (χ2v) is 7.41. The zero-order chi connectivity index (χ0) is 21.1. The van der Waals surface area contributed by atoms with Crippen LogP contribution in [-0.4, -0.2) is 87.8 Å². The van der Waals surface area contributed by atoms with Crippen molar-refractivity contribution < 1.29 is 29.1 Å². The van der Waals surface area contributed by atoms with E-state index in [-0.39, 0.29) is 19.0 Å². The summed E-state index contributed by atoms with van der Waals surface area (Å²) in [6, 6.07) is -1.69. The molecule has 0 radical (unpaired) electrons. The van der Waals surface area contributed by atoms with Crippen molar-refractivity contribution in [1.82, 2.24) is 20.0 Å². The van der Waals surface area contributed by atoms with Gasteiger partial charge in [0.1, 0.15) is 18.1 Å². The number of nitrogens with one attached hydrogen (secondary N) is 1. The second-order valence-electron chi connectivity index (χ2n) is 7.41. The second kappa shape index (κ2) is 8.57. The summed E-state index contributed by atoms with van der Waals surface area (Å²) in [6.07, 6.45) is 3.81. The molecule has 0 aromatic carbocycles. The SMILES string of the molecule is CC(=O)NCCN(C(=O)CN1C(=O)N(C)C2(CCCCC2)C1=O)C(C)C(=O)O. The van der Waals surface area contributed by atoms with Crippen LogP contribution in [0.1, 0.15) is 46.0 Å². The minimum Gasteiger partial charge on any atom is -0.480 e. The van der Waals surface area contributed by atoms with Crippen molar-refractivity contribution in [1.29, 1.82) is 0 Å². The minimum atomic E-state index is -1.21. The number of likely N-dealkylation sites (N-methyl/N-ethyl adjacent to an activating group) is 1. The van der Waals surface area contributed by atoms with Crippen LogP contribution >= 0.6 is 0 Å². The molecule has 10 heteroatoms. The number of amides is 5. The molecular weight excluding hydrogens is 368 g/mol. The predicted molar refractivity (Wildman–Crippen MR) is 98.2 cm³/mol. The van der Waals surface area contributed by atoms with Crippen LogP contribution in [0.4, 0.5) is 4.79 Å². The van der Waals surface area contributed by atoms with E-state index >= 15 is 0 Å². The number of nitrogens with zero attached hydrogens (tertiary/aromatic N) is 3. The standard InChI is InChI=1S/C18H28N4O6/c1-12(15(25)26)21(10-9-19-13(2)23)14(24)11-22-16(27)18(20(3)17(22)28)7-5-4-6-8-18/h12H,4-11H2,1-3H3,(H,19,23)(H,25,26). The average Bonchev–Trinajstić information content (AvgIpc) is 2.81. The molecule has 1 spiro atoms. The van der Waals surface area contributed by atoms with Crippen LogP contribution in [0.2, 0.25) is 0 Å². The third kappa shape index (κ3) is 4.10. The summed E-state index contributed by atoms with van der Waals surface area (Å²) >= 11 is 0. The number of carbonyl (C=O) groups is 5. The Bertz CT molecular complexity index is 673. The smallest absolute Gasteiger partial charge is 0.327 e. The van der Waals surface area contributed by atoms with E-state index < -0.39 is 41.9 Å². The molecule has 0 aromatic heterocycles. The Labute approximate surface area is 163 Å². The van der Waals surface area contributed by atoms with Crippen molar-refractivity contribution in [2.45, 2.75) is 57.5 Å². The van der Waals surface area contributed by atoms with Gasteiger partial charge in [-0.2, -0.15) is 0 Å². The Hall–Kier alpha value is -2.65. The van der Waals surface area contributed by atoms with Crippen molar-refractivity contribution in [3.63, 3.8) is 0 Å². The fourth-order valence-corrected chi connectivity index (χ4v) is 3.92. The largest absolute Gasteiger partial charge is 0.480 e. The van der Waals surface area contributed by atoms with Gasteiger partial charge in [0.05, 0.1) is 0 Å². The highest BCUT2D eigenvalue weighted by atomic mass is 16.4. The van der Waals surface area contributed by atoms with E-state index in [1.807, 2.05) is 0 Å². The van der Waals surface area contributed by atoms with Gasteiger partial charge in [-0.05, 0) is 19.8 Å². The van der Waals surface area contributed by atoms with E-state index in [4.69, 9.17) is 0 Å². The fraction of sp³-hybridized carbons (Fsp3) is 0.722. The molecule has 1 atom stereocenters. The molecule has 1 saturated heterocycles. The average molecular weight is 396 g/mol. The normalized spacial score (nSPS) is 19.7. The molecule has 1 heterocycles. The number of carboxylic acid groups (broad SMARTS) is 1. The number of hydrogen-bond donors (Lipinski definition) is 2. The van der Waals surface area contributed by atoms with Crippen molar-refractivity contribution in [2.24, 2.45) is 0 Å². The molecule has 1 aliphatic carbocycles. The molecule has 2 rings (SSSR count). The Morgan fingerprint density at radius 3 is 2.36 bits per heavy atom. The molecule has 2 aliphatic rings. The number of hydrogen-bond acceptors (Lipinski definition) is 5. The highest BCUT2D eigenvalue weighted by molar-refractivity contribution is 6.09. The molecule has 28 heavy (non-hydrogen) atoms. The van der Waals surface area contributed by atoms with E-state index in [9.17, 15) is 29.1 Å². The highest BCUT2D eigenvalue weighted by Gasteiger charge is 2.56. The topological polar surface area (TPSA) is 127 Å². The molecule has 156 valence electrons. The van der Waals surface area contributed by atoms with E-state index in [2.05, 4.69) is 5.32 Å². The molecule has 5 amide bonds. The zero-order valence-electron chi connectivity index (χ0n) is 16.6. The number of aliphatic carboxylic acids is 1. The maximum absolute atomic E-state index is 13.0. The first kappa shape index (κ1) is 21.6.